The third-order valence-corrected chi connectivity index (χ3v) is 5.37. The molecule has 33 heavy (non-hydrogen) atoms. The van der Waals surface area contributed by atoms with Gasteiger partial charge >= 0.3 is 0 Å². The predicted molar refractivity (Wildman–Crippen MR) is 122 cm³/mol. The van der Waals surface area contributed by atoms with E-state index in [9.17, 15) is 19.5 Å². The highest BCUT2D eigenvalue weighted by molar-refractivity contribution is 6.51. The zero-order chi connectivity index (χ0) is 23.7. The number of rotatable bonds is 5. The maximum absolute atomic E-state index is 13.1. The van der Waals surface area contributed by atoms with Gasteiger partial charge in [0.2, 0.25) is 5.91 Å². The van der Waals surface area contributed by atoms with Gasteiger partial charge in [0, 0.05) is 23.9 Å². The number of nitrogens with zero attached hydrogens (tertiary/aromatic N) is 1. The first kappa shape index (κ1) is 21.9. The Labute approximate surface area is 190 Å². The fraction of sp³-hybridized carbons (Fsp3) is 0.160. The number of Topliss-reactive ketones (excluding diaryl/α,β-unsaturated/α-hetero) is 1. The van der Waals surface area contributed by atoms with Gasteiger partial charge in [0.05, 0.1) is 18.9 Å². The highest BCUT2D eigenvalue weighted by Crippen LogP contribution is 2.43. The van der Waals surface area contributed by atoms with Crippen LogP contribution in [0.3, 0.4) is 0 Å². The van der Waals surface area contributed by atoms with Crippen molar-refractivity contribution in [1.82, 2.24) is 0 Å². The summed E-state index contributed by atoms with van der Waals surface area (Å²) in [5, 5.41) is 13.8. The van der Waals surface area contributed by atoms with Crippen LogP contribution in [0.1, 0.15) is 29.9 Å². The molecule has 4 rings (SSSR count). The molecule has 1 saturated heterocycles. The van der Waals surface area contributed by atoms with Crippen LogP contribution in [0.2, 0.25) is 0 Å². The van der Waals surface area contributed by atoms with Gasteiger partial charge in [-0.05, 0) is 61.0 Å². The molecular formula is C25H22N2O6. The molecule has 2 amide bonds. The maximum Gasteiger partial charge on any atom is 0.300 e. The number of nitrogens with one attached hydrogen (secondary N) is 1. The molecule has 2 N–H and O–H groups in total. The largest absolute Gasteiger partial charge is 0.507 e. The van der Waals surface area contributed by atoms with E-state index in [2.05, 4.69) is 5.32 Å². The second kappa shape index (κ2) is 8.66. The number of aryl methyl sites for hydroxylation is 1. The maximum atomic E-state index is 13.1. The Bertz CT molecular complexity index is 1280. The number of ketones is 1. The SMILES string of the molecule is COc1ccc(/C(O)=C2/C(=O)C(=O)N(c3cccc(NC(C)=O)c3)C2c2ccco2)cc1C. The van der Waals surface area contributed by atoms with Gasteiger partial charge in [0.15, 0.2) is 0 Å². The van der Waals surface area contributed by atoms with Crippen molar-refractivity contribution in [2.24, 2.45) is 0 Å². The minimum Gasteiger partial charge on any atom is -0.507 e. The third-order valence-electron chi connectivity index (χ3n) is 5.37. The second-order valence-electron chi connectivity index (χ2n) is 7.60. The summed E-state index contributed by atoms with van der Waals surface area (Å²) in [6, 6.07) is 13.8. The number of hydrogen-bond donors (Lipinski definition) is 2. The molecule has 168 valence electrons. The Balaban J connectivity index is 1.88. The fourth-order valence-corrected chi connectivity index (χ4v) is 3.93. The van der Waals surface area contributed by atoms with Crippen LogP contribution in [0.25, 0.3) is 5.76 Å². The van der Waals surface area contributed by atoms with E-state index >= 15 is 0 Å². The van der Waals surface area contributed by atoms with Crippen LogP contribution >= 0.6 is 0 Å². The molecule has 1 unspecified atom stereocenters. The van der Waals surface area contributed by atoms with Gasteiger partial charge in [0.1, 0.15) is 23.3 Å². The lowest BCUT2D eigenvalue weighted by Gasteiger charge is -2.24. The van der Waals surface area contributed by atoms with E-state index in [1.807, 2.05) is 6.92 Å². The van der Waals surface area contributed by atoms with Crippen molar-refractivity contribution >= 4 is 34.7 Å². The van der Waals surface area contributed by atoms with Crippen molar-refractivity contribution in [3.05, 3.63) is 83.3 Å². The van der Waals surface area contributed by atoms with Crippen LogP contribution in [-0.2, 0) is 14.4 Å². The number of methoxy groups -OCH3 is 1. The van der Waals surface area contributed by atoms with Crippen LogP contribution in [0.4, 0.5) is 11.4 Å². The Morgan fingerprint density at radius 3 is 2.55 bits per heavy atom. The summed E-state index contributed by atoms with van der Waals surface area (Å²) in [6.07, 6.45) is 1.43. The van der Waals surface area contributed by atoms with Crippen molar-refractivity contribution in [2.45, 2.75) is 19.9 Å². The van der Waals surface area contributed by atoms with E-state index in [1.165, 1.54) is 18.1 Å². The van der Waals surface area contributed by atoms with E-state index in [-0.39, 0.29) is 17.2 Å². The standard InChI is InChI=1S/C25H22N2O6/c1-14-12-16(9-10-19(14)32-3)23(29)21-22(20-8-5-11-33-20)27(25(31)24(21)30)18-7-4-6-17(13-18)26-15(2)28/h4-13,22,29H,1-3H3,(H,26,28)/b23-21-. The molecular weight excluding hydrogens is 424 g/mol. The summed E-state index contributed by atoms with van der Waals surface area (Å²) in [5.41, 5.74) is 1.87. The molecule has 0 aliphatic carbocycles. The number of ether oxygens (including phenoxy) is 1. The zero-order valence-corrected chi connectivity index (χ0v) is 18.3. The van der Waals surface area contributed by atoms with Crippen molar-refractivity contribution in [2.75, 3.05) is 17.3 Å². The van der Waals surface area contributed by atoms with E-state index < -0.39 is 17.7 Å². The lowest BCUT2D eigenvalue weighted by Crippen LogP contribution is -2.29. The molecule has 0 bridgehead atoms. The van der Waals surface area contributed by atoms with Crippen molar-refractivity contribution in [3.63, 3.8) is 0 Å². The van der Waals surface area contributed by atoms with Gasteiger partial charge in [-0.15, -0.1) is 0 Å². The fourth-order valence-electron chi connectivity index (χ4n) is 3.93. The summed E-state index contributed by atoms with van der Waals surface area (Å²) in [4.78, 5) is 39.0. The number of benzene rings is 2. The third kappa shape index (κ3) is 3.98. The molecule has 1 aliphatic heterocycles. The highest BCUT2D eigenvalue weighted by atomic mass is 16.5. The first-order valence-corrected chi connectivity index (χ1v) is 10.2. The number of aliphatic hydroxyl groups excluding tert-OH is 1. The van der Waals surface area contributed by atoms with Gasteiger partial charge in [-0.3, -0.25) is 19.3 Å². The molecule has 1 fully saturated rings. The van der Waals surface area contributed by atoms with Crippen molar-refractivity contribution < 1.29 is 28.6 Å². The van der Waals surface area contributed by atoms with Crippen LogP contribution in [-0.4, -0.2) is 29.8 Å². The number of anilines is 2. The molecule has 0 radical (unpaired) electrons. The summed E-state index contributed by atoms with van der Waals surface area (Å²) in [6.45, 7) is 3.18. The lowest BCUT2D eigenvalue weighted by atomic mass is 9.98. The average Bonchev–Trinajstić information content (AvgIpc) is 3.40. The molecule has 1 aliphatic rings. The van der Waals surface area contributed by atoms with E-state index in [0.717, 1.165) is 5.56 Å². The molecule has 8 heteroatoms. The van der Waals surface area contributed by atoms with Gasteiger partial charge in [-0.25, -0.2) is 0 Å². The molecule has 2 heterocycles. The smallest absolute Gasteiger partial charge is 0.300 e. The Hall–Kier alpha value is -4.33. The number of amides is 2. The van der Waals surface area contributed by atoms with E-state index in [1.54, 1.807) is 61.7 Å². The molecule has 1 aromatic heterocycles. The minimum atomic E-state index is -0.991. The summed E-state index contributed by atoms with van der Waals surface area (Å²) < 4.78 is 10.8. The Kier molecular flexibility index (Phi) is 5.74. The second-order valence-corrected chi connectivity index (χ2v) is 7.60. The minimum absolute atomic E-state index is 0.0931. The quantitative estimate of drug-likeness (QED) is 0.346. The topological polar surface area (TPSA) is 109 Å². The first-order valence-electron chi connectivity index (χ1n) is 10.2. The number of carbonyl (C=O) groups excluding carboxylic acids is 3. The van der Waals surface area contributed by atoms with Crippen LogP contribution in [0, 0.1) is 6.92 Å². The number of hydrogen-bond acceptors (Lipinski definition) is 6. The first-order chi connectivity index (χ1) is 15.8. The molecule has 2 aromatic carbocycles. The summed E-state index contributed by atoms with van der Waals surface area (Å²) in [7, 11) is 1.54. The monoisotopic (exact) mass is 446 g/mol. The highest BCUT2D eigenvalue weighted by Gasteiger charge is 2.48. The predicted octanol–water partition coefficient (Wildman–Crippen LogP) is 4.18. The zero-order valence-electron chi connectivity index (χ0n) is 18.3. The van der Waals surface area contributed by atoms with E-state index in [0.29, 0.717) is 28.4 Å². The van der Waals surface area contributed by atoms with Gasteiger partial charge in [-0.2, -0.15) is 0 Å². The Morgan fingerprint density at radius 1 is 1.12 bits per heavy atom. The molecule has 0 saturated carbocycles. The average molecular weight is 446 g/mol. The molecule has 1 atom stereocenters. The lowest BCUT2D eigenvalue weighted by molar-refractivity contribution is -0.132. The van der Waals surface area contributed by atoms with Crippen molar-refractivity contribution in [3.8, 4) is 5.75 Å². The van der Waals surface area contributed by atoms with Gasteiger partial charge < -0.3 is 19.6 Å². The van der Waals surface area contributed by atoms with Crippen LogP contribution in [0.5, 0.6) is 5.75 Å². The number of furan rings is 1. The van der Waals surface area contributed by atoms with Gasteiger partial charge in [0.25, 0.3) is 11.7 Å². The Morgan fingerprint density at radius 2 is 1.91 bits per heavy atom. The molecule has 3 aromatic rings. The van der Waals surface area contributed by atoms with Crippen LogP contribution in [0.15, 0.2) is 70.9 Å². The summed E-state index contributed by atoms with van der Waals surface area (Å²) in [5.74, 6) is -1.31. The van der Waals surface area contributed by atoms with Crippen molar-refractivity contribution in [1.29, 1.82) is 0 Å². The molecule has 0 spiro atoms. The molecule has 8 nitrogen and oxygen atoms in total. The normalized spacial score (nSPS) is 17.3. The summed E-state index contributed by atoms with van der Waals surface area (Å²) >= 11 is 0. The number of carbonyl (C=O) groups is 3. The van der Waals surface area contributed by atoms with Crippen LogP contribution < -0.4 is 15.0 Å². The van der Waals surface area contributed by atoms with E-state index in [4.69, 9.17) is 9.15 Å². The number of aliphatic hydroxyl groups is 1. The van der Waals surface area contributed by atoms with Gasteiger partial charge in [-0.1, -0.05) is 6.07 Å².